The molecule has 1 unspecified atom stereocenters. The molecule has 0 saturated heterocycles. The molecule has 3 rings (SSSR count). The lowest BCUT2D eigenvalue weighted by molar-refractivity contribution is -0.118. The summed E-state index contributed by atoms with van der Waals surface area (Å²) in [5.74, 6) is -0.816. The number of aryl methyl sites for hydroxylation is 1. The Kier molecular flexibility index (Phi) is 6.66. The Balaban J connectivity index is 1.83. The van der Waals surface area contributed by atoms with E-state index in [1.807, 2.05) is 30.3 Å². The molecule has 0 radical (unpaired) electrons. The molecule has 7 nitrogen and oxygen atoms in total. The van der Waals surface area contributed by atoms with Gasteiger partial charge in [-0.1, -0.05) is 42.5 Å². The van der Waals surface area contributed by atoms with Crippen molar-refractivity contribution in [1.29, 1.82) is 0 Å². The van der Waals surface area contributed by atoms with Gasteiger partial charge in [0.05, 0.1) is 9.77 Å². The Bertz CT molecular complexity index is 1140. The molecular formula is C21H21N3O4S2. The van der Waals surface area contributed by atoms with E-state index in [9.17, 15) is 18.0 Å². The van der Waals surface area contributed by atoms with Crippen molar-refractivity contribution in [2.45, 2.75) is 24.3 Å². The third kappa shape index (κ3) is 5.53. The van der Waals surface area contributed by atoms with E-state index in [1.165, 1.54) is 17.4 Å². The van der Waals surface area contributed by atoms with E-state index < -0.39 is 22.0 Å². The van der Waals surface area contributed by atoms with Crippen LogP contribution in [0.3, 0.4) is 0 Å². The summed E-state index contributed by atoms with van der Waals surface area (Å²) in [4.78, 5) is 25.9. The highest BCUT2D eigenvalue weighted by atomic mass is 32.2. The summed E-state index contributed by atoms with van der Waals surface area (Å²) < 4.78 is 23.5. The topological polar surface area (TPSA) is 118 Å². The number of thiophene rings is 1. The summed E-state index contributed by atoms with van der Waals surface area (Å²) in [5.41, 5.74) is 1.62. The molecule has 0 spiro atoms. The molecule has 0 aliphatic rings. The second-order valence-electron chi connectivity index (χ2n) is 6.71. The molecule has 2 aromatic carbocycles. The van der Waals surface area contributed by atoms with Gasteiger partial charge >= 0.3 is 0 Å². The Morgan fingerprint density at radius 1 is 1.07 bits per heavy atom. The summed E-state index contributed by atoms with van der Waals surface area (Å²) in [6.45, 7) is 1.62. The van der Waals surface area contributed by atoms with Crippen molar-refractivity contribution < 1.29 is 18.0 Å². The van der Waals surface area contributed by atoms with E-state index in [1.54, 1.807) is 36.6 Å². The first-order chi connectivity index (χ1) is 14.2. The highest BCUT2D eigenvalue weighted by Crippen LogP contribution is 2.19. The molecule has 2 amide bonds. The number of nitrogens with two attached hydrogens (primary N) is 1. The van der Waals surface area contributed by atoms with Crippen molar-refractivity contribution in [2.75, 3.05) is 5.32 Å². The van der Waals surface area contributed by atoms with Gasteiger partial charge in [-0.3, -0.25) is 9.59 Å². The fraction of sp³-hybridized carbons (Fsp3) is 0.143. The number of rotatable bonds is 7. The minimum Gasteiger partial charge on any atom is -0.339 e. The smallest absolute Gasteiger partial charge is 0.262 e. The quantitative estimate of drug-likeness (QED) is 0.520. The Morgan fingerprint density at radius 3 is 2.43 bits per heavy atom. The van der Waals surface area contributed by atoms with Crippen molar-refractivity contribution in [3.05, 3.63) is 82.0 Å². The molecule has 0 aliphatic carbocycles. The van der Waals surface area contributed by atoms with Crippen molar-refractivity contribution in [1.82, 2.24) is 5.32 Å². The Labute approximate surface area is 179 Å². The van der Waals surface area contributed by atoms with Gasteiger partial charge in [-0.2, -0.15) is 0 Å². The van der Waals surface area contributed by atoms with Crippen LogP contribution in [0.1, 0.15) is 20.8 Å². The second kappa shape index (κ2) is 9.21. The van der Waals surface area contributed by atoms with Gasteiger partial charge in [-0.15, -0.1) is 11.3 Å². The van der Waals surface area contributed by atoms with Gasteiger partial charge in [0, 0.05) is 12.1 Å². The predicted octanol–water partition coefficient (Wildman–Crippen LogP) is 2.68. The number of carbonyl (C=O) groups is 2. The van der Waals surface area contributed by atoms with Crippen LogP contribution in [-0.4, -0.2) is 26.3 Å². The van der Waals surface area contributed by atoms with Crippen molar-refractivity contribution >= 4 is 38.9 Å². The third-order valence-corrected chi connectivity index (χ3v) is 6.33. The molecule has 4 N–H and O–H groups in total. The standard InChI is InChI=1S/C21H21N3O4S2/c1-14-9-10-16(13-19(14)30(22,27)28)23-20(25)17(12-15-6-3-2-4-7-15)24-21(26)18-8-5-11-29-18/h2-11,13,17H,12H2,1H3,(H,23,25)(H,24,26)(H2,22,27,28). The summed E-state index contributed by atoms with van der Waals surface area (Å²) in [6.07, 6.45) is 0.275. The van der Waals surface area contributed by atoms with Crippen LogP contribution in [0.2, 0.25) is 0 Å². The average molecular weight is 444 g/mol. The van der Waals surface area contributed by atoms with Crippen molar-refractivity contribution in [3.63, 3.8) is 0 Å². The lowest BCUT2D eigenvalue weighted by Gasteiger charge is -2.19. The minimum atomic E-state index is -3.93. The van der Waals surface area contributed by atoms with E-state index in [4.69, 9.17) is 5.14 Å². The fourth-order valence-electron chi connectivity index (χ4n) is 2.91. The molecule has 0 aliphatic heterocycles. The van der Waals surface area contributed by atoms with Crippen LogP contribution >= 0.6 is 11.3 Å². The summed E-state index contributed by atoms with van der Waals surface area (Å²) in [7, 11) is -3.93. The summed E-state index contributed by atoms with van der Waals surface area (Å²) >= 11 is 1.28. The lowest BCUT2D eigenvalue weighted by atomic mass is 10.0. The molecule has 30 heavy (non-hydrogen) atoms. The summed E-state index contributed by atoms with van der Waals surface area (Å²) in [6, 6.07) is 16.3. The van der Waals surface area contributed by atoms with Crippen LogP contribution in [-0.2, 0) is 21.2 Å². The van der Waals surface area contributed by atoms with Crippen LogP contribution < -0.4 is 15.8 Å². The molecule has 0 bridgehead atoms. The maximum absolute atomic E-state index is 13.0. The van der Waals surface area contributed by atoms with E-state index in [0.29, 0.717) is 10.4 Å². The van der Waals surface area contributed by atoms with E-state index in [2.05, 4.69) is 10.6 Å². The highest BCUT2D eigenvalue weighted by molar-refractivity contribution is 7.89. The monoisotopic (exact) mass is 443 g/mol. The number of anilines is 1. The average Bonchev–Trinajstić information content (AvgIpc) is 3.24. The number of benzene rings is 2. The molecule has 1 heterocycles. The van der Waals surface area contributed by atoms with Crippen LogP contribution in [0.4, 0.5) is 5.69 Å². The highest BCUT2D eigenvalue weighted by Gasteiger charge is 2.23. The molecular weight excluding hydrogens is 422 g/mol. The number of sulfonamides is 1. The molecule has 156 valence electrons. The van der Waals surface area contributed by atoms with E-state index in [-0.39, 0.29) is 22.9 Å². The number of carbonyl (C=O) groups excluding carboxylic acids is 2. The zero-order valence-corrected chi connectivity index (χ0v) is 17.8. The van der Waals surface area contributed by atoms with Gasteiger partial charge in [0.15, 0.2) is 0 Å². The SMILES string of the molecule is Cc1ccc(NC(=O)C(Cc2ccccc2)NC(=O)c2cccs2)cc1S(N)(=O)=O. The maximum Gasteiger partial charge on any atom is 0.262 e. The summed E-state index contributed by atoms with van der Waals surface area (Å²) in [5, 5.41) is 12.5. The van der Waals surface area contributed by atoms with Gasteiger partial charge in [-0.05, 0) is 41.6 Å². The molecule has 1 atom stereocenters. The van der Waals surface area contributed by atoms with Gasteiger partial charge < -0.3 is 10.6 Å². The minimum absolute atomic E-state index is 0.0671. The number of hydrogen-bond donors (Lipinski definition) is 3. The van der Waals surface area contributed by atoms with Crippen LogP contribution in [0.25, 0.3) is 0 Å². The fourth-order valence-corrected chi connectivity index (χ4v) is 4.34. The zero-order chi connectivity index (χ0) is 21.7. The van der Waals surface area contributed by atoms with Crippen molar-refractivity contribution in [2.24, 2.45) is 5.14 Å². The zero-order valence-electron chi connectivity index (χ0n) is 16.2. The Hall–Kier alpha value is -3.01. The normalized spacial score (nSPS) is 12.2. The third-order valence-electron chi connectivity index (χ3n) is 4.41. The molecule has 0 saturated carbocycles. The first kappa shape index (κ1) is 21.7. The predicted molar refractivity (Wildman–Crippen MR) is 117 cm³/mol. The molecule has 3 aromatic rings. The van der Waals surface area contributed by atoms with Crippen molar-refractivity contribution in [3.8, 4) is 0 Å². The van der Waals surface area contributed by atoms with E-state index >= 15 is 0 Å². The molecule has 9 heteroatoms. The van der Waals surface area contributed by atoms with Gasteiger partial charge in [0.1, 0.15) is 6.04 Å². The maximum atomic E-state index is 13.0. The first-order valence-electron chi connectivity index (χ1n) is 9.06. The van der Waals surface area contributed by atoms with Crippen LogP contribution in [0, 0.1) is 6.92 Å². The number of amides is 2. The van der Waals surface area contributed by atoms with Gasteiger partial charge in [-0.25, -0.2) is 13.6 Å². The van der Waals surface area contributed by atoms with Gasteiger partial charge in [0.25, 0.3) is 5.91 Å². The van der Waals surface area contributed by atoms with Crippen LogP contribution in [0.15, 0.2) is 70.9 Å². The largest absolute Gasteiger partial charge is 0.339 e. The lowest BCUT2D eigenvalue weighted by Crippen LogP contribution is -2.45. The second-order valence-corrected chi connectivity index (χ2v) is 9.19. The van der Waals surface area contributed by atoms with Gasteiger partial charge in [0.2, 0.25) is 15.9 Å². The van der Waals surface area contributed by atoms with Crippen LogP contribution in [0.5, 0.6) is 0 Å². The molecule has 0 fully saturated rings. The first-order valence-corrected chi connectivity index (χ1v) is 11.5. The Morgan fingerprint density at radius 2 is 1.80 bits per heavy atom. The number of primary sulfonamides is 1. The number of nitrogens with one attached hydrogen (secondary N) is 2. The molecule has 1 aromatic heterocycles. The van der Waals surface area contributed by atoms with E-state index in [0.717, 1.165) is 5.56 Å². The number of hydrogen-bond acceptors (Lipinski definition) is 5.